The SMILES string of the molecule is COc1ccccc1N1CCN(CC(O)c2cccn2Cc2ccccc2F)CC1. The number of ether oxygens (including phenoxy) is 1. The maximum absolute atomic E-state index is 14.0. The van der Waals surface area contributed by atoms with Crippen molar-refractivity contribution >= 4 is 5.69 Å². The third-order valence-corrected chi connectivity index (χ3v) is 5.73. The number of β-amino-alcohol motifs (C(OH)–C–C–N with tert-alkyl or cyclic N) is 1. The number of hydrogen-bond donors (Lipinski definition) is 1. The van der Waals surface area contributed by atoms with Gasteiger partial charge < -0.3 is 19.3 Å². The van der Waals surface area contributed by atoms with Crippen LogP contribution in [-0.4, -0.2) is 54.4 Å². The molecule has 1 fully saturated rings. The summed E-state index contributed by atoms with van der Waals surface area (Å²) in [5.74, 6) is 0.663. The van der Waals surface area contributed by atoms with Gasteiger partial charge in [0.05, 0.1) is 19.3 Å². The standard InChI is InChI=1S/C24H28FN3O2/c1-30-24-11-5-4-9-22(24)27-15-13-26(14-16-27)18-23(29)21-10-6-12-28(21)17-19-7-2-3-8-20(19)25/h2-12,23,29H,13-18H2,1H3. The number of aromatic nitrogens is 1. The van der Waals surface area contributed by atoms with E-state index in [-0.39, 0.29) is 5.82 Å². The lowest BCUT2D eigenvalue weighted by molar-refractivity contribution is 0.103. The normalized spacial score (nSPS) is 15.9. The van der Waals surface area contributed by atoms with Gasteiger partial charge in [0.25, 0.3) is 0 Å². The molecular weight excluding hydrogens is 381 g/mol. The van der Waals surface area contributed by atoms with Gasteiger partial charge in [-0.3, -0.25) is 4.90 Å². The third kappa shape index (κ3) is 4.50. The number of benzene rings is 2. The van der Waals surface area contributed by atoms with Gasteiger partial charge in [-0.2, -0.15) is 0 Å². The summed E-state index contributed by atoms with van der Waals surface area (Å²) < 4.78 is 21.4. The fourth-order valence-electron chi connectivity index (χ4n) is 4.08. The molecule has 3 aromatic rings. The van der Waals surface area contributed by atoms with Crippen LogP contribution in [0.15, 0.2) is 66.9 Å². The van der Waals surface area contributed by atoms with Gasteiger partial charge in [-0.05, 0) is 30.3 Å². The number of aliphatic hydroxyl groups is 1. The van der Waals surface area contributed by atoms with Gasteiger partial charge in [0.1, 0.15) is 17.7 Å². The Labute approximate surface area is 176 Å². The molecule has 4 rings (SSSR count). The van der Waals surface area contributed by atoms with E-state index in [2.05, 4.69) is 15.9 Å². The molecule has 30 heavy (non-hydrogen) atoms. The molecule has 6 heteroatoms. The first-order valence-electron chi connectivity index (χ1n) is 10.3. The number of piperazine rings is 1. The quantitative estimate of drug-likeness (QED) is 0.648. The van der Waals surface area contributed by atoms with E-state index in [0.717, 1.165) is 43.3 Å². The van der Waals surface area contributed by atoms with Gasteiger partial charge in [-0.25, -0.2) is 4.39 Å². The Hall–Kier alpha value is -2.83. The largest absolute Gasteiger partial charge is 0.495 e. The third-order valence-electron chi connectivity index (χ3n) is 5.73. The highest BCUT2D eigenvalue weighted by Gasteiger charge is 2.23. The van der Waals surface area contributed by atoms with Crippen LogP contribution in [0.2, 0.25) is 0 Å². The number of nitrogens with zero attached hydrogens (tertiary/aromatic N) is 3. The lowest BCUT2D eigenvalue weighted by Crippen LogP contribution is -2.47. The summed E-state index contributed by atoms with van der Waals surface area (Å²) in [5.41, 5.74) is 2.54. The Morgan fingerprint density at radius 3 is 2.47 bits per heavy atom. The molecule has 1 aromatic heterocycles. The monoisotopic (exact) mass is 409 g/mol. The van der Waals surface area contributed by atoms with Crippen LogP contribution in [0.4, 0.5) is 10.1 Å². The number of hydrogen-bond acceptors (Lipinski definition) is 4. The second-order valence-electron chi connectivity index (χ2n) is 7.63. The summed E-state index contributed by atoms with van der Waals surface area (Å²) in [6.07, 6.45) is 1.27. The highest BCUT2D eigenvalue weighted by molar-refractivity contribution is 5.58. The highest BCUT2D eigenvalue weighted by atomic mass is 19.1. The fraction of sp³-hybridized carbons (Fsp3) is 0.333. The van der Waals surface area contributed by atoms with Crippen LogP contribution in [0.5, 0.6) is 5.75 Å². The van der Waals surface area contributed by atoms with Crippen LogP contribution in [0, 0.1) is 5.82 Å². The van der Waals surface area contributed by atoms with Gasteiger partial charge >= 0.3 is 0 Å². The molecule has 1 N–H and O–H groups in total. The fourth-order valence-corrected chi connectivity index (χ4v) is 4.08. The van der Waals surface area contributed by atoms with Crippen molar-refractivity contribution in [2.24, 2.45) is 0 Å². The average Bonchev–Trinajstić information content (AvgIpc) is 3.24. The molecule has 0 spiro atoms. The van der Waals surface area contributed by atoms with E-state index in [0.29, 0.717) is 18.7 Å². The van der Waals surface area contributed by atoms with Crippen molar-refractivity contribution in [3.63, 3.8) is 0 Å². The van der Waals surface area contributed by atoms with Crippen molar-refractivity contribution in [3.8, 4) is 5.75 Å². The van der Waals surface area contributed by atoms with Gasteiger partial charge in [0.2, 0.25) is 0 Å². The molecule has 1 aliphatic heterocycles. The Balaban J connectivity index is 1.36. The number of rotatable bonds is 7. The number of anilines is 1. The smallest absolute Gasteiger partial charge is 0.142 e. The Bertz CT molecular complexity index is 966. The van der Waals surface area contributed by atoms with Crippen molar-refractivity contribution in [1.29, 1.82) is 0 Å². The van der Waals surface area contributed by atoms with Gasteiger partial charge in [-0.1, -0.05) is 30.3 Å². The zero-order chi connectivity index (χ0) is 20.9. The average molecular weight is 410 g/mol. The Morgan fingerprint density at radius 1 is 0.967 bits per heavy atom. The van der Waals surface area contributed by atoms with Crippen LogP contribution in [-0.2, 0) is 6.54 Å². The summed E-state index contributed by atoms with van der Waals surface area (Å²) >= 11 is 0. The molecule has 1 aliphatic rings. The molecule has 1 atom stereocenters. The molecule has 1 unspecified atom stereocenters. The van der Waals surface area contributed by atoms with Crippen LogP contribution >= 0.6 is 0 Å². The van der Waals surface area contributed by atoms with E-state index in [9.17, 15) is 9.50 Å². The molecule has 2 heterocycles. The second kappa shape index (κ2) is 9.32. The first kappa shape index (κ1) is 20.4. The summed E-state index contributed by atoms with van der Waals surface area (Å²) in [6, 6.07) is 18.7. The number of para-hydroxylation sites is 2. The summed E-state index contributed by atoms with van der Waals surface area (Å²) in [6.45, 7) is 4.45. The highest BCUT2D eigenvalue weighted by Crippen LogP contribution is 2.28. The Morgan fingerprint density at radius 2 is 1.70 bits per heavy atom. The van der Waals surface area contributed by atoms with E-state index < -0.39 is 6.10 Å². The van der Waals surface area contributed by atoms with E-state index >= 15 is 0 Å². The molecular formula is C24H28FN3O2. The van der Waals surface area contributed by atoms with E-state index in [1.165, 1.54) is 6.07 Å². The zero-order valence-electron chi connectivity index (χ0n) is 17.2. The van der Waals surface area contributed by atoms with Gasteiger partial charge in [-0.15, -0.1) is 0 Å². The summed E-state index contributed by atoms with van der Waals surface area (Å²) in [5, 5.41) is 10.9. The van der Waals surface area contributed by atoms with Crippen LogP contribution < -0.4 is 9.64 Å². The molecule has 0 radical (unpaired) electrons. The van der Waals surface area contributed by atoms with Crippen LogP contribution in [0.25, 0.3) is 0 Å². The summed E-state index contributed by atoms with van der Waals surface area (Å²) in [4.78, 5) is 4.60. The molecule has 0 bridgehead atoms. The van der Waals surface area contributed by atoms with Crippen molar-refractivity contribution in [2.75, 3.05) is 44.7 Å². The predicted octanol–water partition coefficient (Wildman–Crippen LogP) is 3.54. The second-order valence-corrected chi connectivity index (χ2v) is 7.63. The van der Waals surface area contributed by atoms with E-state index in [4.69, 9.17) is 4.74 Å². The lowest BCUT2D eigenvalue weighted by atomic mass is 10.1. The molecule has 5 nitrogen and oxygen atoms in total. The maximum atomic E-state index is 14.0. The van der Waals surface area contributed by atoms with Gasteiger partial charge in [0.15, 0.2) is 0 Å². The van der Waals surface area contributed by atoms with Crippen molar-refractivity contribution in [2.45, 2.75) is 12.6 Å². The van der Waals surface area contributed by atoms with Gasteiger partial charge in [0, 0.05) is 50.2 Å². The molecule has 0 aliphatic carbocycles. The maximum Gasteiger partial charge on any atom is 0.142 e. The summed E-state index contributed by atoms with van der Waals surface area (Å²) in [7, 11) is 1.70. The van der Waals surface area contributed by atoms with E-state index in [1.54, 1.807) is 19.2 Å². The minimum absolute atomic E-state index is 0.223. The molecule has 158 valence electrons. The number of halogens is 1. The number of methoxy groups -OCH3 is 1. The lowest BCUT2D eigenvalue weighted by Gasteiger charge is -2.37. The minimum Gasteiger partial charge on any atom is -0.495 e. The molecule has 0 amide bonds. The van der Waals surface area contributed by atoms with Crippen molar-refractivity contribution < 1.29 is 14.2 Å². The van der Waals surface area contributed by atoms with Crippen LogP contribution in [0.1, 0.15) is 17.4 Å². The molecule has 2 aromatic carbocycles. The Kier molecular flexibility index (Phi) is 6.35. The topological polar surface area (TPSA) is 40.9 Å². The van der Waals surface area contributed by atoms with Crippen molar-refractivity contribution in [1.82, 2.24) is 9.47 Å². The van der Waals surface area contributed by atoms with Crippen molar-refractivity contribution in [3.05, 3.63) is 83.9 Å². The first-order valence-corrected chi connectivity index (χ1v) is 10.3. The molecule has 1 saturated heterocycles. The predicted molar refractivity (Wildman–Crippen MR) is 117 cm³/mol. The minimum atomic E-state index is -0.621. The zero-order valence-corrected chi connectivity index (χ0v) is 17.2. The number of aliphatic hydroxyl groups excluding tert-OH is 1. The van der Waals surface area contributed by atoms with E-state index in [1.807, 2.05) is 47.2 Å². The first-order chi connectivity index (χ1) is 14.7. The molecule has 0 saturated carbocycles. The van der Waals surface area contributed by atoms with Crippen LogP contribution in [0.3, 0.4) is 0 Å².